The van der Waals surface area contributed by atoms with E-state index in [1.165, 1.54) is 17.3 Å². The fraction of sp³-hybridized carbons (Fsp3) is 0.435. The van der Waals surface area contributed by atoms with Gasteiger partial charge in [-0.25, -0.2) is 0 Å². The molecule has 0 radical (unpaired) electrons. The highest BCUT2D eigenvalue weighted by atomic mass is 16.5. The third-order valence-electron chi connectivity index (χ3n) is 6.54. The van der Waals surface area contributed by atoms with Gasteiger partial charge in [0, 0.05) is 67.9 Å². The van der Waals surface area contributed by atoms with Crippen molar-refractivity contribution in [3.05, 3.63) is 51.6 Å². The number of aromatic amines is 1. The molecule has 9 heteroatoms. The molecule has 0 bridgehead atoms. The lowest BCUT2D eigenvalue weighted by molar-refractivity contribution is -0.136. The predicted molar refractivity (Wildman–Crippen MR) is 122 cm³/mol. The first kappa shape index (κ1) is 21.9. The number of nitrogens with one attached hydrogen (secondary N) is 2. The van der Waals surface area contributed by atoms with Gasteiger partial charge in [-0.2, -0.15) is 5.16 Å². The molecule has 2 aromatic heterocycles. The number of carbonyl (C=O) groups is 2. The summed E-state index contributed by atoms with van der Waals surface area (Å²) in [4.78, 5) is 40.6. The van der Waals surface area contributed by atoms with Crippen LogP contribution in [-0.4, -0.2) is 64.1 Å². The number of nitrogens with zero attached hydrogens (tertiary/aromatic N) is 3. The van der Waals surface area contributed by atoms with Crippen LogP contribution >= 0.6 is 0 Å². The second kappa shape index (κ2) is 8.66. The Morgan fingerprint density at radius 1 is 1.19 bits per heavy atom. The quantitative estimate of drug-likeness (QED) is 0.631. The molecule has 1 saturated heterocycles. The Kier molecular flexibility index (Phi) is 5.92. The average molecular weight is 440 g/mol. The molecular formula is C23H29N5O4. The Labute approximate surface area is 185 Å². The molecule has 170 valence electrons. The van der Waals surface area contributed by atoms with Gasteiger partial charge in [-0.15, -0.1) is 0 Å². The van der Waals surface area contributed by atoms with Gasteiger partial charge in [0.15, 0.2) is 0 Å². The number of likely N-dealkylation sites (N-methyl/N-ethyl adjacent to an activating group) is 1. The summed E-state index contributed by atoms with van der Waals surface area (Å²) in [6.45, 7) is 5.66. The van der Waals surface area contributed by atoms with E-state index in [0.717, 1.165) is 16.6 Å². The molecule has 4 rings (SSSR count). The number of rotatable bonds is 5. The maximum Gasteiger partial charge on any atom is 0.280 e. The molecule has 1 aromatic carbocycles. The molecule has 1 aliphatic heterocycles. The summed E-state index contributed by atoms with van der Waals surface area (Å²) in [5.41, 5.74) is 3.95. The summed E-state index contributed by atoms with van der Waals surface area (Å²) in [5, 5.41) is 6.37. The third kappa shape index (κ3) is 4.20. The Bertz CT molecular complexity index is 1220. The van der Waals surface area contributed by atoms with Crippen molar-refractivity contribution in [1.82, 2.24) is 19.5 Å². The van der Waals surface area contributed by atoms with Gasteiger partial charge < -0.3 is 19.3 Å². The normalized spacial score (nSPS) is 17.1. The van der Waals surface area contributed by atoms with Gasteiger partial charge in [-0.05, 0) is 44.7 Å². The van der Waals surface area contributed by atoms with Crippen LogP contribution in [0.15, 0.2) is 33.6 Å². The molecular weight excluding hydrogens is 410 g/mol. The van der Waals surface area contributed by atoms with Crippen LogP contribution in [0.1, 0.15) is 23.4 Å². The number of hydrogen-bond donors (Lipinski definition) is 2. The highest BCUT2D eigenvalue weighted by Gasteiger charge is 2.32. The number of anilines is 1. The van der Waals surface area contributed by atoms with Gasteiger partial charge in [0.05, 0.1) is 0 Å². The van der Waals surface area contributed by atoms with Crippen LogP contribution in [0, 0.1) is 13.8 Å². The number of amides is 2. The third-order valence-corrected chi connectivity index (χ3v) is 6.54. The molecule has 3 aromatic rings. The average Bonchev–Trinajstić information content (AvgIpc) is 3.29. The van der Waals surface area contributed by atoms with Crippen LogP contribution in [0.3, 0.4) is 0 Å². The minimum absolute atomic E-state index is 0.0587. The van der Waals surface area contributed by atoms with E-state index >= 15 is 0 Å². The topological polar surface area (TPSA) is 104 Å². The van der Waals surface area contributed by atoms with E-state index in [1.807, 2.05) is 37.2 Å². The molecule has 1 atom stereocenters. The summed E-state index contributed by atoms with van der Waals surface area (Å²) < 4.78 is 7.16. The number of aromatic nitrogens is 2. The summed E-state index contributed by atoms with van der Waals surface area (Å²) in [6, 6.07) is 6.85. The van der Waals surface area contributed by atoms with Gasteiger partial charge in [-0.3, -0.25) is 19.3 Å². The van der Waals surface area contributed by atoms with E-state index in [0.29, 0.717) is 31.8 Å². The van der Waals surface area contributed by atoms with Gasteiger partial charge in [-0.1, -0.05) is 0 Å². The Balaban J connectivity index is 1.42. The minimum atomic E-state index is -0.438. The summed E-state index contributed by atoms with van der Waals surface area (Å²) >= 11 is 0. The molecule has 1 fully saturated rings. The summed E-state index contributed by atoms with van der Waals surface area (Å²) in [5.74, 6) is 0.261. The zero-order valence-corrected chi connectivity index (χ0v) is 18.9. The van der Waals surface area contributed by atoms with Gasteiger partial charge in [0.2, 0.25) is 11.8 Å². The first-order chi connectivity index (χ1) is 15.2. The van der Waals surface area contributed by atoms with E-state index in [-0.39, 0.29) is 23.8 Å². The van der Waals surface area contributed by atoms with Gasteiger partial charge in [0.1, 0.15) is 11.8 Å². The van der Waals surface area contributed by atoms with Gasteiger partial charge >= 0.3 is 0 Å². The zero-order valence-electron chi connectivity index (χ0n) is 18.9. The van der Waals surface area contributed by atoms with E-state index in [1.54, 1.807) is 4.90 Å². The van der Waals surface area contributed by atoms with Crippen molar-refractivity contribution in [2.24, 2.45) is 7.05 Å². The van der Waals surface area contributed by atoms with Crippen molar-refractivity contribution in [2.45, 2.75) is 32.7 Å². The second-order valence-corrected chi connectivity index (χ2v) is 8.51. The maximum absolute atomic E-state index is 13.1. The molecule has 0 spiro atoms. The van der Waals surface area contributed by atoms with Crippen molar-refractivity contribution in [3.8, 4) is 0 Å². The molecule has 3 heterocycles. The standard InChI is InChI=1S/C23H29N5O4/c1-14-15(2)27(4)19-7-5-16(11-18(14)19)24-23(31)20-13-28(10-9-26(20)3)22(30)8-6-17-12-21(29)25-32-17/h5,7,11-12,20H,6,8-10,13H2,1-4H3,(H,24,31)(H,25,29)/t20-/m0/s1. The smallest absolute Gasteiger partial charge is 0.280 e. The first-order valence-electron chi connectivity index (χ1n) is 10.8. The Hall–Kier alpha value is -3.33. The van der Waals surface area contributed by atoms with Gasteiger partial charge in [0.25, 0.3) is 5.56 Å². The Morgan fingerprint density at radius 3 is 2.69 bits per heavy atom. The lowest BCUT2D eigenvalue weighted by Gasteiger charge is -2.38. The zero-order chi connectivity index (χ0) is 23.0. The largest absolute Gasteiger partial charge is 0.384 e. The molecule has 2 N–H and O–H groups in total. The number of aryl methyl sites for hydroxylation is 3. The van der Waals surface area contributed by atoms with Crippen LogP contribution in [0.4, 0.5) is 5.69 Å². The van der Waals surface area contributed by atoms with Crippen LogP contribution in [-0.2, 0) is 23.1 Å². The van der Waals surface area contributed by atoms with Crippen LogP contribution < -0.4 is 10.9 Å². The van der Waals surface area contributed by atoms with E-state index in [2.05, 4.69) is 28.9 Å². The number of H-pyrrole nitrogens is 1. The van der Waals surface area contributed by atoms with E-state index in [4.69, 9.17) is 4.52 Å². The monoisotopic (exact) mass is 439 g/mol. The van der Waals surface area contributed by atoms with E-state index < -0.39 is 6.04 Å². The number of benzene rings is 1. The lowest BCUT2D eigenvalue weighted by atomic mass is 10.1. The maximum atomic E-state index is 13.1. The molecule has 32 heavy (non-hydrogen) atoms. The van der Waals surface area contributed by atoms with Crippen molar-refractivity contribution in [3.63, 3.8) is 0 Å². The van der Waals surface area contributed by atoms with Crippen LogP contribution in [0.25, 0.3) is 10.9 Å². The van der Waals surface area contributed by atoms with Crippen LogP contribution in [0.5, 0.6) is 0 Å². The molecule has 0 unspecified atom stereocenters. The molecule has 9 nitrogen and oxygen atoms in total. The minimum Gasteiger partial charge on any atom is -0.384 e. The SMILES string of the molecule is Cc1c(C)n(C)c2ccc(NC(=O)[C@@H]3CN(C(=O)CCc4cc(=O)[nH]o4)CCN3C)cc12. The van der Waals surface area contributed by atoms with Crippen molar-refractivity contribution >= 4 is 28.4 Å². The predicted octanol–water partition coefficient (Wildman–Crippen LogP) is 1.79. The number of fused-ring (bicyclic) bond motifs is 1. The van der Waals surface area contributed by atoms with Crippen LogP contribution in [0.2, 0.25) is 0 Å². The lowest BCUT2D eigenvalue weighted by Crippen LogP contribution is -2.57. The number of piperazine rings is 1. The van der Waals surface area contributed by atoms with Crippen molar-refractivity contribution < 1.29 is 14.1 Å². The molecule has 0 saturated carbocycles. The number of hydrogen-bond acceptors (Lipinski definition) is 5. The highest BCUT2D eigenvalue weighted by molar-refractivity contribution is 5.98. The number of carbonyl (C=O) groups excluding carboxylic acids is 2. The first-order valence-corrected chi connectivity index (χ1v) is 10.8. The second-order valence-electron chi connectivity index (χ2n) is 8.51. The summed E-state index contributed by atoms with van der Waals surface area (Å²) in [7, 11) is 3.93. The molecule has 1 aliphatic rings. The van der Waals surface area contributed by atoms with E-state index in [9.17, 15) is 14.4 Å². The van der Waals surface area contributed by atoms with Crippen molar-refractivity contribution in [2.75, 3.05) is 32.0 Å². The fourth-order valence-corrected chi connectivity index (χ4v) is 4.28. The fourth-order valence-electron chi connectivity index (χ4n) is 4.28. The summed E-state index contributed by atoms with van der Waals surface area (Å²) in [6.07, 6.45) is 0.568. The Morgan fingerprint density at radius 2 is 1.97 bits per heavy atom. The molecule has 2 amide bonds. The highest BCUT2D eigenvalue weighted by Crippen LogP contribution is 2.27. The molecule has 0 aliphatic carbocycles. The van der Waals surface area contributed by atoms with Crippen molar-refractivity contribution in [1.29, 1.82) is 0 Å².